The Morgan fingerprint density at radius 3 is 2.42 bits per heavy atom. The first-order valence-corrected chi connectivity index (χ1v) is 11.7. The Bertz CT molecular complexity index is 746. The fraction of sp³-hybridized carbons (Fsp3) is 0.538. The van der Waals surface area contributed by atoms with Crippen molar-refractivity contribution < 1.29 is 14.6 Å². The summed E-state index contributed by atoms with van der Waals surface area (Å²) in [5, 5.41) is 13.9. The number of hydrogen-bond donors (Lipinski definition) is 2. The highest BCUT2D eigenvalue weighted by Crippen LogP contribution is 2.28. The first kappa shape index (κ1) is 23.6. The molecule has 0 aromatic heterocycles. The van der Waals surface area contributed by atoms with Crippen LogP contribution in [0.4, 0.5) is 0 Å². The number of hydrogen-bond acceptors (Lipinski definition) is 5. The number of likely N-dealkylation sites (tertiary alicyclic amines) is 1. The van der Waals surface area contributed by atoms with Gasteiger partial charge in [0.2, 0.25) is 0 Å². The molecule has 5 heteroatoms. The minimum Gasteiger partial charge on any atom is -0.493 e. The van der Waals surface area contributed by atoms with Crippen LogP contribution in [0.15, 0.2) is 48.5 Å². The van der Waals surface area contributed by atoms with Gasteiger partial charge in [0, 0.05) is 13.1 Å². The molecule has 5 nitrogen and oxygen atoms in total. The van der Waals surface area contributed by atoms with Crippen LogP contribution < -0.4 is 14.8 Å². The first-order valence-electron chi connectivity index (χ1n) is 11.7. The van der Waals surface area contributed by atoms with E-state index in [1.165, 1.54) is 37.7 Å². The molecular weight excluding hydrogens is 388 g/mol. The largest absolute Gasteiger partial charge is 0.493 e. The Morgan fingerprint density at radius 1 is 0.935 bits per heavy atom. The van der Waals surface area contributed by atoms with E-state index in [9.17, 15) is 5.11 Å². The number of aliphatic hydroxyl groups is 1. The van der Waals surface area contributed by atoms with Gasteiger partial charge in [0.15, 0.2) is 11.5 Å². The molecule has 170 valence electrons. The molecule has 1 fully saturated rings. The van der Waals surface area contributed by atoms with Crippen molar-refractivity contribution in [2.24, 2.45) is 0 Å². The number of aliphatic hydroxyl groups excluding tert-OH is 1. The summed E-state index contributed by atoms with van der Waals surface area (Å²) in [5.74, 6) is 1.39. The molecule has 1 saturated heterocycles. The van der Waals surface area contributed by atoms with E-state index in [1.54, 1.807) is 7.11 Å². The van der Waals surface area contributed by atoms with E-state index in [4.69, 9.17) is 9.47 Å². The molecule has 1 atom stereocenters. The summed E-state index contributed by atoms with van der Waals surface area (Å²) in [6, 6.07) is 16.5. The van der Waals surface area contributed by atoms with Crippen LogP contribution in [0.1, 0.15) is 43.2 Å². The highest BCUT2D eigenvalue weighted by molar-refractivity contribution is 5.43. The molecule has 0 amide bonds. The second-order valence-electron chi connectivity index (χ2n) is 8.43. The predicted molar refractivity (Wildman–Crippen MR) is 126 cm³/mol. The summed E-state index contributed by atoms with van der Waals surface area (Å²) < 4.78 is 11.4. The third-order valence-electron chi connectivity index (χ3n) is 5.84. The minimum atomic E-state index is -0.497. The van der Waals surface area contributed by atoms with Crippen molar-refractivity contribution >= 4 is 0 Å². The zero-order chi connectivity index (χ0) is 21.7. The SMILES string of the molecule is COc1cc(CNCCc2ccccc2)ccc1OC[C@@H](O)CN1CCCCCCC1. The van der Waals surface area contributed by atoms with E-state index < -0.39 is 6.10 Å². The summed E-state index contributed by atoms with van der Waals surface area (Å²) in [6.07, 6.45) is 6.90. The molecule has 0 unspecified atom stereocenters. The van der Waals surface area contributed by atoms with Gasteiger partial charge < -0.3 is 24.8 Å². The van der Waals surface area contributed by atoms with E-state index in [2.05, 4.69) is 40.5 Å². The monoisotopic (exact) mass is 426 g/mol. The average molecular weight is 427 g/mol. The van der Waals surface area contributed by atoms with E-state index in [0.29, 0.717) is 18.0 Å². The summed E-state index contributed by atoms with van der Waals surface area (Å²) in [4.78, 5) is 2.37. The van der Waals surface area contributed by atoms with Gasteiger partial charge in [0.05, 0.1) is 7.11 Å². The van der Waals surface area contributed by atoms with Gasteiger partial charge >= 0.3 is 0 Å². The highest BCUT2D eigenvalue weighted by atomic mass is 16.5. The number of nitrogens with zero attached hydrogens (tertiary/aromatic N) is 1. The van der Waals surface area contributed by atoms with Crippen LogP contribution in [0.2, 0.25) is 0 Å². The van der Waals surface area contributed by atoms with Crippen molar-refractivity contribution in [2.45, 2.75) is 51.2 Å². The van der Waals surface area contributed by atoms with Crippen LogP contribution in [0.3, 0.4) is 0 Å². The number of ether oxygens (including phenoxy) is 2. The number of benzene rings is 2. The van der Waals surface area contributed by atoms with Crippen molar-refractivity contribution in [3.8, 4) is 11.5 Å². The quantitative estimate of drug-likeness (QED) is 0.531. The molecule has 0 radical (unpaired) electrons. The van der Waals surface area contributed by atoms with Crippen molar-refractivity contribution in [3.63, 3.8) is 0 Å². The standard InChI is InChI=1S/C26H38N2O3/c1-30-26-18-23(19-27-15-14-22-10-6-5-7-11-22)12-13-25(26)31-21-24(29)20-28-16-8-3-2-4-9-17-28/h5-7,10-13,18,24,27,29H,2-4,8-9,14-17,19-21H2,1H3/t24-/m0/s1. The smallest absolute Gasteiger partial charge is 0.161 e. The van der Waals surface area contributed by atoms with Gasteiger partial charge in [-0.1, -0.05) is 55.7 Å². The molecule has 2 N–H and O–H groups in total. The maximum absolute atomic E-state index is 10.5. The third kappa shape index (κ3) is 8.52. The molecule has 1 aliphatic heterocycles. The summed E-state index contributed by atoms with van der Waals surface area (Å²) in [6.45, 7) is 4.81. The number of β-amino-alcohol motifs (C(OH)–C–C–N with tert-alkyl or cyclic N) is 1. The number of nitrogens with one attached hydrogen (secondary N) is 1. The van der Waals surface area contributed by atoms with Gasteiger partial charge in [-0.2, -0.15) is 0 Å². The fourth-order valence-corrected chi connectivity index (χ4v) is 4.08. The Hall–Kier alpha value is -2.08. The van der Waals surface area contributed by atoms with Crippen LogP contribution in [0.25, 0.3) is 0 Å². The summed E-state index contributed by atoms with van der Waals surface area (Å²) >= 11 is 0. The highest BCUT2D eigenvalue weighted by Gasteiger charge is 2.15. The van der Waals surface area contributed by atoms with Gasteiger partial charge in [-0.05, 0) is 62.2 Å². The van der Waals surface area contributed by atoms with Crippen molar-refractivity contribution in [2.75, 3.05) is 39.9 Å². The van der Waals surface area contributed by atoms with Crippen LogP contribution in [-0.4, -0.2) is 56.0 Å². The minimum absolute atomic E-state index is 0.279. The van der Waals surface area contributed by atoms with E-state index in [1.807, 2.05) is 18.2 Å². The lowest BCUT2D eigenvalue weighted by Crippen LogP contribution is -2.37. The van der Waals surface area contributed by atoms with Crippen molar-refractivity contribution in [3.05, 3.63) is 59.7 Å². The first-order chi connectivity index (χ1) is 15.2. The van der Waals surface area contributed by atoms with Gasteiger partial charge in [-0.3, -0.25) is 0 Å². The lowest BCUT2D eigenvalue weighted by atomic mass is 10.1. The zero-order valence-electron chi connectivity index (χ0n) is 18.9. The molecule has 0 aliphatic carbocycles. The van der Waals surface area contributed by atoms with E-state index >= 15 is 0 Å². The summed E-state index contributed by atoms with van der Waals surface area (Å²) in [5.41, 5.74) is 2.49. The molecule has 2 aromatic carbocycles. The second-order valence-corrected chi connectivity index (χ2v) is 8.43. The molecule has 0 bridgehead atoms. The second kappa shape index (κ2) is 13.4. The van der Waals surface area contributed by atoms with Crippen LogP contribution in [0.5, 0.6) is 11.5 Å². The maximum Gasteiger partial charge on any atom is 0.161 e. The lowest BCUT2D eigenvalue weighted by molar-refractivity contribution is 0.0645. The van der Waals surface area contributed by atoms with Crippen molar-refractivity contribution in [1.82, 2.24) is 10.2 Å². The Morgan fingerprint density at radius 2 is 1.68 bits per heavy atom. The van der Waals surface area contributed by atoms with Crippen LogP contribution >= 0.6 is 0 Å². The third-order valence-corrected chi connectivity index (χ3v) is 5.84. The Kier molecular flexibility index (Phi) is 10.2. The molecule has 31 heavy (non-hydrogen) atoms. The van der Waals surface area contributed by atoms with Gasteiger partial charge in [0.25, 0.3) is 0 Å². The summed E-state index contributed by atoms with van der Waals surface area (Å²) in [7, 11) is 1.66. The van der Waals surface area contributed by atoms with Gasteiger partial charge in [-0.25, -0.2) is 0 Å². The predicted octanol–water partition coefficient (Wildman–Crippen LogP) is 4.03. The van der Waals surface area contributed by atoms with E-state index in [-0.39, 0.29) is 6.61 Å². The molecule has 3 rings (SSSR count). The van der Waals surface area contributed by atoms with Gasteiger partial charge in [-0.15, -0.1) is 0 Å². The van der Waals surface area contributed by atoms with E-state index in [0.717, 1.165) is 38.2 Å². The molecule has 1 heterocycles. The molecule has 2 aromatic rings. The van der Waals surface area contributed by atoms with Crippen LogP contribution in [0, 0.1) is 0 Å². The zero-order valence-corrected chi connectivity index (χ0v) is 18.9. The maximum atomic E-state index is 10.5. The molecule has 0 saturated carbocycles. The number of methoxy groups -OCH3 is 1. The molecule has 0 spiro atoms. The lowest BCUT2D eigenvalue weighted by Gasteiger charge is -2.26. The normalized spacial score (nSPS) is 16.3. The molecular formula is C26H38N2O3. The Labute approximate surface area is 187 Å². The fourth-order valence-electron chi connectivity index (χ4n) is 4.08. The van der Waals surface area contributed by atoms with Crippen molar-refractivity contribution in [1.29, 1.82) is 0 Å². The molecule has 1 aliphatic rings. The van der Waals surface area contributed by atoms with Gasteiger partial charge in [0.1, 0.15) is 12.7 Å². The van der Waals surface area contributed by atoms with Crippen LogP contribution in [-0.2, 0) is 13.0 Å². The average Bonchev–Trinajstić information content (AvgIpc) is 2.78. The Balaban J connectivity index is 1.42. The topological polar surface area (TPSA) is 54.0 Å². The number of rotatable bonds is 11.